The molecule has 2 N–H and O–H groups in total. The lowest BCUT2D eigenvalue weighted by molar-refractivity contribution is -0.116. The Balaban J connectivity index is 0.00000163. The SMILES string of the molecule is CC.COc1ccc(C)c(CNC(=O)/C=C(\C(C)=N)C2CCCC2)c1C. The van der Waals surface area contributed by atoms with Crippen molar-refractivity contribution in [3.63, 3.8) is 0 Å². The molecule has 0 unspecified atom stereocenters. The summed E-state index contributed by atoms with van der Waals surface area (Å²) in [5.41, 5.74) is 4.68. The third-order valence-corrected chi connectivity index (χ3v) is 4.96. The number of benzene rings is 1. The summed E-state index contributed by atoms with van der Waals surface area (Å²) in [7, 11) is 1.66. The van der Waals surface area contributed by atoms with Gasteiger partial charge in [-0.3, -0.25) is 4.79 Å². The molecule has 1 fully saturated rings. The van der Waals surface area contributed by atoms with Gasteiger partial charge in [-0.05, 0) is 67.9 Å². The molecule has 0 atom stereocenters. The first-order valence-electron chi connectivity index (χ1n) is 9.62. The van der Waals surface area contributed by atoms with Gasteiger partial charge in [0.15, 0.2) is 0 Å². The van der Waals surface area contributed by atoms with Gasteiger partial charge in [0.1, 0.15) is 5.75 Å². The molecular formula is C22H34N2O2. The van der Waals surface area contributed by atoms with Crippen molar-refractivity contribution in [2.45, 2.75) is 66.8 Å². The van der Waals surface area contributed by atoms with E-state index < -0.39 is 0 Å². The molecule has 1 amide bonds. The second kappa shape index (κ2) is 10.8. The van der Waals surface area contributed by atoms with Gasteiger partial charge < -0.3 is 15.5 Å². The maximum atomic E-state index is 12.3. The topological polar surface area (TPSA) is 62.2 Å². The highest BCUT2D eigenvalue weighted by Crippen LogP contribution is 2.31. The Hall–Kier alpha value is -2.10. The fraction of sp³-hybridized carbons (Fsp3) is 0.545. The summed E-state index contributed by atoms with van der Waals surface area (Å²) in [5.74, 6) is 1.08. The van der Waals surface area contributed by atoms with Gasteiger partial charge in [-0.15, -0.1) is 0 Å². The van der Waals surface area contributed by atoms with Crippen molar-refractivity contribution in [3.05, 3.63) is 40.5 Å². The standard InChI is InChI=1S/C20H28N2O2.C2H6/c1-13-9-10-19(24-4)14(2)18(13)12-22-20(23)11-17(15(3)21)16-7-5-6-8-16;1-2/h9-11,16,21H,5-8,12H2,1-4H3,(H,22,23);1-2H3/b17-11+,21-15?;. The summed E-state index contributed by atoms with van der Waals surface area (Å²) in [4.78, 5) is 12.3. The minimum atomic E-state index is -0.120. The molecular weight excluding hydrogens is 324 g/mol. The van der Waals surface area contributed by atoms with Crippen LogP contribution in [-0.4, -0.2) is 18.7 Å². The van der Waals surface area contributed by atoms with E-state index in [0.29, 0.717) is 18.2 Å². The van der Waals surface area contributed by atoms with Crippen LogP contribution in [0.5, 0.6) is 5.75 Å². The van der Waals surface area contributed by atoms with E-state index in [1.165, 1.54) is 12.8 Å². The van der Waals surface area contributed by atoms with Gasteiger partial charge >= 0.3 is 0 Å². The quantitative estimate of drug-likeness (QED) is 0.548. The van der Waals surface area contributed by atoms with Crippen LogP contribution in [0.25, 0.3) is 0 Å². The molecule has 0 heterocycles. The predicted octanol–water partition coefficient (Wildman–Crippen LogP) is 5.11. The van der Waals surface area contributed by atoms with Gasteiger partial charge in [0.05, 0.1) is 7.11 Å². The van der Waals surface area contributed by atoms with Crippen molar-refractivity contribution in [2.75, 3.05) is 7.11 Å². The van der Waals surface area contributed by atoms with Crippen molar-refractivity contribution < 1.29 is 9.53 Å². The number of hydrogen-bond donors (Lipinski definition) is 2. The lowest BCUT2D eigenvalue weighted by atomic mass is 9.93. The highest BCUT2D eigenvalue weighted by atomic mass is 16.5. The zero-order chi connectivity index (χ0) is 19.7. The van der Waals surface area contributed by atoms with Crippen molar-refractivity contribution in [2.24, 2.45) is 5.92 Å². The van der Waals surface area contributed by atoms with Crippen LogP contribution in [0, 0.1) is 25.2 Å². The molecule has 0 saturated heterocycles. The highest BCUT2D eigenvalue weighted by Gasteiger charge is 2.21. The van der Waals surface area contributed by atoms with Crippen LogP contribution in [0.2, 0.25) is 0 Å². The molecule has 2 rings (SSSR count). The smallest absolute Gasteiger partial charge is 0.244 e. The lowest BCUT2D eigenvalue weighted by Crippen LogP contribution is -2.23. The number of methoxy groups -OCH3 is 1. The van der Waals surface area contributed by atoms with Crippen LogP contribution in [0.15, 0.2) is 23.8 Å². The number of allylic oxidation sites excluding steroid dienone is 1. The van der Waals surface area contributed by atoms with Crippen LogP contribution in [-0.2, 0) is 11.3 Å². The van der Waals surface area contributed by atoms with Gasteiger partial charge in [-0.1, -0.05) is 32.8 Å². The molecule has 144 valence electrons. The maximum absolute atomic E-state index is 12.3. The normalized spacial score (nSPS) is 14.5. The molecule has 1 saturated carbocycles. The first-order valence-corrected chi connectivity index (χ1v) is 9.62. The maximum Gasteiger partial charge on any atom is 0.244 e. The largest absolute Gasteiger partial charge is 0.496 e. The number of ether oxygens (including phenoxy) is 1. The van der Waals surface area contributed by atoms with E-state index in [1.807, 2.05) is 39.8 Å². The highest BCUT2D eigenvalue weighted by molar-refractivity contribution is 6.02. The zero-order valence-corrected chi connectivity index (χ0v) is 17.2. The van der Waals surface area contributed by atoms with Crippen LogP contribution < -0.4 is 10.1 Å². The van der Waals surface area contributed by atoms with Crippen LogP contribution in [0.1, 0.15) is 63.1 Å². The van der Waals surface area contributed by atoms with Gasteiger partial charge in [0, 0.05) is 18.3 Å². The predicted molar refractivity (Wildman–Crippen MR) is 109 cm³/mol. The van der Waals surface area contributed by atoms with Gasteiger partial charge in [-0.2, -0.15) is 0 Å². The average molecular weight is 359 g/mol. The monoisotopic (exact) mass is 358 g/mol. The van der Waals surface area contributed by atoms with Gasteiger partial charge in [0.25, 0.3) is 0 Å². The molecule has 1 aliphatic rings. The molecule has 0 bridgehead atoms. The van der Waals surface area contributed by atoms with E-state index in [9.17, 15) is 4.79 Å². The molecule has 1 aromatic rings. The minimum absolute atomic E-state index is 0.120. The third kappa shape index (κ3) is 5.72. The number of hydrogen-bond acceptors (Lipinski definition) is 3. The lowest BCUT2D eigenvalue weighted by Gasteiger charge is -2.15. The molecule has 26 heavy (non-hydrogen) atoms. The minimum Gasteiger partial charge on any atom is -0.496 e. The molecule has 4 nitrogen and oxygen atoms in total. The van der Waals surface area contributed by atoms with Gasteiger partial charge in [0.2, 0.25) is 5.91 Å². The number of carbonyl (C=O) groups excluding carboxylic acids is 1. The van der Waals surface area contributed by atoms with Crippen LogP contribution in [0.4, 0.5) is 0 Å². The molecule has 0 radical (unpaired) electrons. The van der Waals surface area contributed by atoms with E-state index >= 15 is 0 Å². The second-order valence-corrected chi connectivity index (χ2v) is 6.61. The van der Waals surface area contributed by atoms with Crippen molar-refractivity contribution in [1.82, 2.24) is 5.32 Å². The molecule has 0 aliphatic heterocycles. The molecule has 1 aliphatic carbocycles. The second-order valence-electron chi connectivity index (χ2n) is 6.61. The summed E-state index contributed by atoms with van der Waals surface area (Å²) in [6.07, 6.45) is 6.19. The van der Waals surface area contributed by atoms with E-state index in [-0.39, 0.29) is 5.91 Å². The van der Waals surface area contributed by atoms with Gasteiger partial charge in [-0.25, -0.2) is 0 Å². The van der Waals surface area contributed by atoms with E-state index in [1.54, 1.807) is 20.1 Å². The fourth-order valence-electron chi connectivity index (χ4n) is 3.50. The summed E-state index contributed by atoms with van der Waals surface area (Å²) >= 11 is 0. The van der Waals surface area contributed by atoms with Crippen LogP contribution in [0.3, 0.4) is 0 Å². The average Bonchev–Trinajstić information content (AvgIpc) is 3.15. The summed E-state index contributed by atoms with van der Waals surface area (Å²) in [6, 6.07) is 3.96. The third-order valence-electron chi connectivity index (χ3n) is 4.96. The van der Waals surface area contributed by atoms with Crippen molar-refractivity contribution in [1.29, 1.82) is 5.41 Å². The van der Waals surface area contributed by atoms with Crippen molar-refractivity contribution in [3.8, 4) is 5.75 Å². The fourth-order valence-corrected chi connectivity index (χ4v) is 3.50. The Morgan fingerprint density at radius 1 is 1.27 bits per heavy atom. The number of nitrogens with one attached hydrogen (secondary N) is 2. The summed E-state index contributed by atoms with van der Waals surface area (Å²) in [5, 5.41) is 10.9. The Morgan fingerprint density at radius 2 is 1.88 bits per heavy atom. The molecule has 0 aromatic heterocycles. The number of aryl methyl sites for hydroxylation is 1. The first kappa shape index (κ1) is 21.9. The molecule has 4 heteroatoms. The van der Waals surface area contributed by atoms with E-state index in [2.05, 4.69) is 5.32 Å². The Morgan fingerprint density at radius 3 is 2.42 bits per heavy atom. The van der Waals surface area contributed by atoms with E-state index in [0.717, 1.165) is 40.9 Å². The van der Waals surface area contributed by atoms with E-state index in [4.69, 9.17) is 10.1 Å². The molecule has 1 aromatic carbocycles. The summed E-state index contributed by atoms with van der Waals surface area (Å²) in [6.45, 7) is 10.3. The number of amides is 1. The Bertz CT molecular complexity index is 656. The van der Waals surface area contributed by atoms with Crippen molar-refractivity contribution >= 4 is 11.6 Å². The number of rotatable bonds is 6. The van der Waals surface area contributed by atoms with Crippen LogP contribution >= 0.6 is 0 Å². The first-order chi connectivity index (χ1) is 12.4. The summed E-state index contributed by atoms with van der Waals surface area (Å²) < 4.78 is 5.36. The molecule has 0 spiro atoms. The Kier molecular flexibility index (Phi) is 9.11. The Labute approximate surface area is 158 Å². The zero-order valence-electron chi connectivity index (χ0n) is 17.2. The number of carbonyl (C=O) groups is 1.